The molecule has 0 aromatic heterocycles. The SMILES string of the molecule is O=C(COC(=O)[C@@H]1CCCN1S(=O)(=O)c1ccccc1F)Nc1ccc([N+](=O)[O-])cc1. The molecule has 0 saturated carbocycles. The second-order valence-electron chi connectivity index (χ2n) is 6.66. The van der Waals surface area contributed by atoms with E-state index in [0.717, 1.165) is 16.4 Å². The normalized spacial score (nSPS) is 16.6. The zero-order valence-electron chi connectivity index (χ0n) is 16.1. The fraction of sp³-hybridized carbons (Fsp3) is 0.263. The number of halogens is 1. The van der Waals surface area contributed by atoms with Crippen LogP contribution in [0.15, 0.2) is 53.4 Å². The van der Waals surface area contributed by atoms with Crippen LogP contribution in [-0.2, 0) is 24.3 Å². The first-order chi connectivity index (χ1) is 14.7. The minimum Gasteiger partial charge on any atom is -0.454 e. The van der Waals surface area contributed by atoms with E-state index in [1.54, 1.807) is 0 Å². The summed E-state index contributed by atoms with van der Waals surface area (Å²) in [5.74, 6) is -2.55. The van der Waals surface area contributed by atoms with Gasteiger partial charge in [0.15, 0.2) is 6.61 Å². The molecule has 2 aromatic rings. The monoisotopic (exact) mass is 451 g/mol. The topological polar surface area (TPSA) is 136 Å². The number of carbonyl (C=O) groups is 2. The molecule has 0 spiro atoms. The standard InChI is InChI=1S/C19H18FN3O7S/c20-15-4-1-2-6-17(15)31(28,29)22-11-3-5-16(22)19(25)30-12-18(24)21-13-7-9-14(10-8-13)23(26)27/h1-2,4,6-10,16H,3,5,11-12H2,(H,21,24)/t16-/m0/s1. The van der Waals surface area contributed by atoms with Gasteiger partial charge in [-0.05, 0) is 37.1 Å². The van der Waals surface area contributed by atoms with Gasteiger partial charge >= 0.3 is 5.97 Å². The van der Waals surface area contributed by atoms with Crippen LogP contribution in [0, 0.1) is 15.9 Å². The Kier molecular flexibility index (Phi) is 6.61. The number of nitrogens with zero attached hydrogens (tertiary/aromatic N) is 2. The van der Waals surface area contributed by atoms with E-state index >= 15 is 0 Å². The summed E-state index contributed by atoms with van der Waals surface area (Å²) in [5.41, 5.74) is 0.109. The number of sulfonamides is 1. The molecule has 1 aliphatic rings. The highest BCUT2D eigenvalue weighted by atomic mass is 32.2. The Balaban J connectivity index is 1.61. The quantitative estimate of drug-likeness (QED) is 0.387. The van der Waals surface area contributed by atoms with E-state index in [4.69, 9.17) is 4.74 Å². The van der Waals surface area contributed by atoms with Gasteiger partial charge in [0.2, 0.25) is 10.0 Å². The number of nitro benzene ring substituents is 1. The maximum absolute atomic E-state index is 14.0. The maximum atomic E-state index is 14.0. The summed E-state index contributed by atoms with van der Waals surface area (Å²) in [7, 11) is -4.26. The average molecular weight is 451 g/mol. The summed E-state index contributed by atoms with van der Waals surface area (Å²) < 4.78 is 45.4. The molecule has 12 heteroatoms. The van der Waals surface area contributed by atoms with Crippen molar-refractivity contribution < 1.29 is 32.1 Å². The number of esters is 1. The second-order valence-corrected chi connectivity index (χ2v) is 8.52. The van der Waals surface area contributed by atoms with Crippen LogP contribution in [0.4, 0.5) is 15.8 Å². The molecule has 0 bridgehead atoms. The summed E-state index contributed by atoms with van der Waals surface area (Å²) in [4.78, 5) is 33.9. The van der Waals surface area contributed by atoms with Crippen LogP contribution < -0.4 is 5.32 Å². The van der Waals surface area contributed by atoms with Crippen LogP contribution in [-0.4, -0.2) is 48.7 Å². The lowest BCUT2D eigenvalue weighted by molar-refractivity contribution is -0.384. The Bertz CT molecular complexity index is 1110. The molecule has 1 aliphatic heterocycles. The number of carbonyl (C=O) groups excluding carboxylic acids is 2. The van der Waals surface area contributed by atoms with Crippen molar-refractivity contribution in [3.8, 4) is 0 Å². The predicted octanol–water partition coefficient (Wildman–Crippen LogP) is 2.07. The summed E-state index contributed by atoms with van der Waals surface area (Å²) in [6, 6.07) is 8.72. The summed E-state index contributed by atoms with van der Waals surface area (Å²) >= 11 is 0. The van der Waals surface area contributed by atoms with Crippen molar-refractivity contribution >= 4 is 33.3 Å². The fourth-order valence-corrected chi connectivity index (χ4v) is 4.85. The maximum Gasteiger partial charge on any atom is 0.324 e. The van der Waals surface area contributed by atoms with Crippen LogP contribution in [0.1, 0.15) is 12.8 Å². The van der Waals surface area contributed by atoms with Gasteiger partial charge in [-0.2, -0.15) is 4.31 Å². The molecule has 31 heavy (non-hydrogen) atoms. The molecule has 1 saturated heterocycles. The molecule has 1 N–H and O–H groups in total. The van der Waals surface area contributed by atoms with Crippen molar-refractivity contribution in [3.63, 3.8) is 0 Å². The van der Waals surface area contributed by atoms with E-state index in [2.05, 4.69) is 5.32 Å². The first-order valence-electron chi connectivity index (χ1n) is 9.17. The molecule has 1 fully saturated rings. The molecule has 1 amide bonds. The number of amides is 1. The highest BCUT2D eigenvalue weighted by molar-refractivity contribution is 7.89. The van der Waals surface area contributed by atoms with Gasteiger partial charge in [0.05, 0.1) is 4.92 Å². The molecule has 3 rings (SSSR count). The van der Waals surface area contributed by atoms with Gasteiger partial charge in [0.1, 0.15) is 16.8 Å². The first-order valence-corrected chi connectivity index (χ1v) is 10.6. The van der Waals surface area contributed by atoms with E-state index in [1.807, 2.05) is 0 Å². The smallest absolute Gasteiger partial charge is 0.324 e. The molecule has 2 aromatic carbocycles. The average Bonchev–Trinajstić information content (AvgIpc) is 3.23. The van der Waals surface area contributed by atoms with Gasteiger partial charge in [-0.15, -0.1) is 0 Å². The van der Waals surface area contributed by atoms with Crippen LogP contribution >= 0.6 is 0 Å². The number of ether oxygens (including phenoxy) is 1. The molecule has 10 nitrogen and oxygen atoms in total. The van der Waals surface area contributed by atoms with E-state index in [9.17, 15) is 32.5 Å². The molecule has 0 aliphatic carbocycles. The second kappa shape index (κ2) is 9.18. The van der Waals surface area contributed by atoms with E-state index in [-0.39, 0.29) is 24.3 Å². The predicted molar refractivity (Wildman–Crippen MR) is 106 cm³/mol. The molecule has 0 radical (unpaired) electrons. The minimum absolute atomic E-state index is 0.0193. The van der Waals surface area contributed by atoms with Gasteiger partial charge in [-0.25, -0.2) is 12.8 Å². The molecule has 0 unspecified atom stereocenters. The van der Waals surface area contributed by atoms with Crippen molar-refractivity contribution in [3.05, 3.63) is 64.5 Å². The third kappa shape index (κ3) is 5.03. The fourth-order valence-electron chi connectivity index (χ4n) is 3.14. The number of nitro groups is 1. The summed E-state index contributed by atoms with van der Waals surface area (Å²) in [6.45, 7) is -0.661. The van der Waals surface area contributed by atoms with Gasteiger partial charge in [0, 0.05) is 24.4 Å². The zero-order valence-corrected chi connectivity index (χ0v) is 16.9. The van der Waals surface area contributed by atoms with Crippen LogP contribution in [0.2, 0.25) is 0 Å². The number of anilines is 1. The molecule has 1 heterocycles. The van der Waals surface area contributed by atoms with Crippen LogP contribution in [0.25, 0.3) is 0 Å². The van der Waals surface area contributed by atoms with E-state index < -0.39 is 50.2 Å². The third-order valence-electron chi connectivity index (χ3n) is 4.61. The van der Waals surface area contributed by atoms with Gasteiger partial charge in [-0.3, -0.25) is 19.7 Å². The third-order valence-corrected chi connectivity index (χ3v) is 6.55. The number of hydrogen-bond donors (Lipinski definition) is 1. The van der Waals surface area contributed by atoms with Crippen LogP contribution in [0.5, 0.6) is 0 Å². The first kappa shape index (κ1) is 22.3. The van der Waals surface area contributed by atoms with Crippen molar-refractivity contribution in [1.29, 1.82) is 0 Å². The van der Waals surface area contributed by atoms with Crippen molar-refractivity contribution in [2.75, 3.05) is 18.5 Å². The van der Waals surface area contributed by atoms with E-state index in [0.29, 0.717) is 6.42 Å². The summed E-state index contributed by atoms with van der Waals surface area (Å²) in [6.07, 6.45) is 0.554. The number of nitrogens with one attached hydrogen (secondary N) is 1. The Hall–Kier alpha value is -3.38. The lowest BCUT2D eigenvalue weighted by Crippen LogP contribution is -2.42. The Morgan fingerprint density at radius 2 is 1.87 bits per heavy atom. The summed E-state index contributed by atoms with van der Waals surface area (Å²) in [5, 5.41) is 13.0. The highest BCUT2D eigenvalue weighted by Crippen LogP contribution is 2.28. The highest BCUT2D eigenvalue weighted by Gasteiger charge is 2.41. The lowest BCUT2D eigenvalue weighted by atomic mass is 10.2. The largest absolute Gasteiger partial charge is 0.454 e. The van der Waals surface area contributed by atoms with Gasteiger partial charge in [-0.1, -0.05) is 12.1 Å². The minimum atomic E-state index is -4.26. The van der Waals surface area contributed by atoms with Crippen molar-refractivity contribution in [2.24, 2.45) is 0 Å². The molecule has 1 atom stereocenters. The number of rotatable bonds is 7. The van der Waals surface area contributed by atoms with Gasteiger partial charge in [0.25, 0.3) is 11.6 Å². The van der Waals surface area contributed by atoms with E-state index in [1.165, 1.54) is 36.4 Å². The Morgan fingerprint density at radius 3 is 2.52 bits per heavy atom. The zero-order chi connectivity index (χ0) is 22.6. The number of hydrogen-bond acceptors (Lipinski definition) is 7. The van der Waals surface area contributed by atoms with Crippen molar-refractivity contribution in [2.45, 2.75) is 23.8 Å². The molecular formula is C19H18FN3O7S. The molecular weight excluding hydrogens is 433 g/mol. The van der Waals surface area contributed by atoms with Crippen LogP contribution in [0.3, 0.4) is 0 Å². The number of benzene rings is 2. The van der Waals surface area contributed by atoms with Crippen molar-refractivity contribution in [1.82, 2.24) is 4.31 Å². The Labute approximate surface area is 176 Å². The number of non-ortho nitro benzene ring substituents is 1. The lowest BCUT2D eigenvalue weighted by Gasteiger charge is -2.22. The van der Waals surface area contributed by atoms with Gasteiger partial charge < -0.3 is 10.1 Å². The molecule has 164 valence electrons. The Morgan fingerprint density at radius 1 is 1.19 bits per heavy atom.